The average molecular weight is 444 g/mol. The Kier molecular flexibility index (Phi) is 7.54. The van der Waals surface area contributed by atoms with Gasteiger partial charge in [0.05, 0.1) is 10.0 Å². The van der Waals surface area contributed by atoms with Crippen molar-refractivity contribution in [2.75, 3.05) is 0 Å². The predicted octanol–water partition coefficient (Wildman–Crippen LogP) is 7.52. The Morgan fingerprint density at radius 1 is 0.759 bits per heavy atom. The Morgan fingerprint density at radius 3 is 2.17 bits per heavy atom. The number of hydrogen-bond acceptors (Lipinski definition) is 2. The maximum atomic E-state index is 12.2. The van der Waals surface area contributed by atoms with Gasteiger partial charge in [-0.15, -0.1) is 0 Å². The first kappa shape index (κ1) is 21.2. The van der Waals surface area contributed by atoms with Crippen LogP contribution in [0.1, 0.15) is 16.7 Å². The number of carbonyl (C=O) groups excluding carboxylic acids is 1. The zero-order valence-corrected chi connectivity index (χ0v) is 17.6. The van der Waals surface area contributed by atoms with Crippen LogP contribution in [0.4, 0.5) is 0 Å². The molecule has 0 fully saturated rings. The van der Waals surface area contributed by atoms with Crippen LogP contribution in [-0.2, 0) is 11.4 Å². The van der Waals surface area contributed by atoms with Crippen molar-refractivity contribution in [1.29, 1.82) is 0 Å². The molecule has 3 aromatic rings. The predicted molar refractivity (Wildman–Crippen MR) is 122 cm³/mol. The van der Waals surface area contributed by atoms with E-state index in [1.165, 1.54) is 12.2 Å². The van der Waals surface area contributed by atoms with E-state index in [0.29, 0.717) is 33.0 Å². The molecule has 2 nitrogen and oxygen atoms in total. The van der Waals surface area contributed by atoms with Gasteiger partial charge in [-0.3, -0.25) is 4.79 Å². The Hall–Kier alpha value is -2.52. The third-order valence-corrected chi connectivity index (χ3v) is 5.30. The van der Waals surface area contributed by atoms with Crippen molar-refractivity contribution in [3.8, 4) is 5.75 Å². The number of rotatable bonds is 7. The highest BCUT2D eigenvalue weighted by molar-refractivity contribution is 6.42. The van der Waals surface area contributed by atoms with Crippen LogP contribution in [0, 0.1) is 0 Å². The maximum absolute atomic E-state index is 12.2. The molecule has 0 spiro atoms. The summed E-state index contributed by atoms with van der Waals surface area (Å²) in [7, 11) is 0. The minimum absolute atomic E-state index is 0.179. The summed E-state index contributed by atoms with van der Waals surface area (Å²) >= 11 is 18.3. The number of hydrogen-bond donors (Lipinski definition) is 0. The van der Waals surface area contributed by atoms with E-state index in [1.54, 1.807) is 30.4 Å². The van der Waals surface area contributed by atoms with Crippen LogP contribution >= 0.6 is 34.8 Å². The number of ketones is 1. The molecule has 29 heavy (non-hydrogen) atoms. The van der Waals surface area contributed by atoms with Gasteiger partial charge in [0, 0.05) is 16.1 Å². The molecule has 0 amide bonds. The molecule has 0 bridgehead atoms. The summed E-state index contributed by atoms with van der Waals surface area (Å²) in [5.41, 5.74) is 2.37. The number of para-hydroxylation sites is 1. The first-order chi connectivity index (χ1) is 14.0. The van der Waals surface area contributed by atoms with E-state index in [2.05, 4.69) is 0 Å². The first-order valence-corrected chi connectivity index (χ1v) is 9.97. The van der Waals surface area contributed by atoms with Crippen molar-refractivity contribution in [2.24, 2.45) is 0 Å². The number of halogens is 3. The normalized spacial score (nSPS) is 11.3. The van der Waals surface area contributed by atoms with Crippen LogP contribution < -0.4 is 4.74 Å². The Labute approximate surface area is 185 Å². The van der Waals surface area contributed by atoms with Gasteiger partial charge in [-0.2, -0.15) is 0 Å². The van der Waals surface area contributed by atoms with Crippen LogP contribution in [0.2, 0.25) is 15.1 Å². The minimum Gasteiger partial charge on any atom is -0.488 e. The summed E-state index contributed by atoms with van der Waals surface area (Å²) in [6.45, 7) is 0.339. The molecule has 0 saturated carbocycles. The van der Waals surface area contributed by atoms with E-state index in [9.17, 15) is 4.79 Å². The standard InChI is InChI=1S/C24H17Cl3O2/c25-21-9-3-1-7-19(21)16-29-23-11-4-2-6-17(23)12-14-20(28)15-13-18-8-5-10-22(26)24(18)27/h1-15H,16H2/b14-12+,15-13+. The van der Waals surface area contributed by atoms with E-state index in [0.717, 1.165) is 11.1 Å². The van der Waals surface area contributed by atoms with Crippen LogP contribution in [0.15, 0.2) is 78.9 Å². The van der Waals surface area contributed by atoms with Crippen molar-refractivity contribution in [2.45, 2.75) is 6.61 Å². The number of benzene rings is 3. The smallest absolute Gasteiger partial charge is 0.178 e. The fourth-order valence-corrected chi connectivity index (χ4v) is 3.13. The molecule has 0 heterocycles. The number of allylic oxidation sites excluding steroid dienone is 2. The maximum Gasteiger partial charge on any atom is 0.178 e. The lowest BCUT2D eigenvalue weighted by Gasteiger charge is -2.10. The fraction of sp³-hybridized carbons (Fsp3) is 0.0417. The van der Waals surface area contributed by atoms with Gasteiger partial charge >= 0.3 is 0 Å². The second-order valence-electron chi connectivity index (χ2n) is 6.13. The summed E-state index contributed by atoms with van der Waals surface area (Å²) in [6, 6.07) is 20.3. The lowest BCUT2D eigenvalue weighted by molar-refractivity contribution is -0.110. The Morgan fingerprint density at radius 2 is 1.38 bits per heavy atom. The van der Waals surface area contributed by atoms with Crippen LogP contribution in [0.3, 0.4) is 0 Å². The summed E-state index contributed by atoms with van der Waals surface area (Å²) in [6.07, 6.45) is 6.28. The van der Waals surface area contributed by atoms with Crippen molar-refractivity contribution in [3.63, 3.8) is 0 Å². The Bertz CT molecular complexity index is 1070. The van der Waals surface area contributed by atoms with Gasteiger partial charge in [0.25, 0.3) is 0 Å². The molecule has 0 aliphatic carbocycles. The van der Waals surface area contributed by atoms with Gasteiger partial charge in [-0.05, 0) is 48.1 Å². The van der Waals surface area contributed by atoms with Gasteiger partial charge < -0.3 is 4.74 Å². The number of carbonyl (C=O) groups is 1. The van der Waals surface area contributed by atoms with E-state index < -0.39 is 0 Å². The molecule has 0 aliphatic rings. The van der Waals surface area contributed by atoms with Gasteiger partial charge in [0.2, 0.25) is 0 Å². The van der Waals surface area contributed by atoms with Crippen molar-refractivity contribution in [3.05, 3.63) is 111 Å². The van der Waals surface area contributed by atoms with Crippen molar-refractivity contribution in [1.82, 2.24) is 0 Å². The zero-order chi connectivity index (χ0) is 20.6. The quantitative estimate of drug-likeness (QED) is 0.353. The average Bonchev–Trinajstić information content (AvgIpc) is 2.73. The topological polar surface area (TPSA) is 26.3 Å². The highest BCUT2D eigenvalue weighted by Gasteiger charge is 2.04. The molecule has 0 saturated heterocycles. The fourth-order valence-electron chi connectivity index (χ4n) is 2.57. The monoisotopic (exact) mass is 442 g/mol. The molecule has 0 atom stereocenters. The highest BCUT2D eigenvalue weighted by Crippen LogP contribution is 2.26. The highest BCUT2D eigenvalue weighted by atomic mass is 35.5. The Balaban J connectivity index is 1.69. The van der Waals surface area contributed by atoms with E-state index in [4.69, 9.17) is 39.5 Å². The lowest BCUT2D eigenvalue weighted by Crippen LogP contribution is -1.97. The summed E-state index contributed by atoms with van der Waals surface area (Å²) < 4.78 is 5.90. The van der Waals surface area contributed by atoms with E-state index in [-0.39, 0.29) is 5.78 Å². The second-order valence-corrected chi connectivity index (χ2v) is 7.32. The molecule has 3 aromatic carbocycles. The van der Waals surface area contributed by atoms with Crippen LogP contribution in [0.25, 0.3) is 12.2 Å². The third-order valence-electron chi connectivity index (χ3n) is 4.10. The first-order valence-electron chi connectivity index (χ1n) is 8.84. The van der Waals surface area contributed by atoms with E-state index in [1.807, 2.05) is 48.5 Å². The lowest BCUT2D eigenvalue weighted by atomic mass is 10.1. The molecule has 0 N–H and O–H groups in total. The van der Waals surface area contributed by atoms with Crippen molar-refractivity contribution >= 4 is 52.7 Å². The third kappa shape index (κ3) is 5.98. The summed E-state index contributed by atoms with van der Waals surface area (Å²) in [5, 5.41) is 1.52. The minimum atomic E-state index is -0.179. The molecular formula is C24H17Cl3O2. The van der Waals surface area contributed by atoms with Gasteiger partial charge in [-0.25, -0.2) is 0 Å². The largest absolute Gasteiger partial charge is 0.488 e. The van der Waals surface area contributed by atoms with E-state index >= 15 is 0 Å². The molecular weight excluding hydrogens is 427 g/mol. The summed E-state index contributed by atoms with van der Waals surface area (Å²) in [5.74, 6) is 0.486. The van der Waals surface area contributed by atoms with Gasteiger partial charge in [0.1, 0.15) is 12.4 Å². The molecule has 3 rings (SSSR count). The van der Waals surface area contributed by atoms with Gasteiger partial charge in [0.15, 0.2) is 5.78 Å². The molecule has 0 aliphatic heterocycles. The van der Waals surface area contributed by atoms with Crippen LogP contribution in [0.5, 0.6) is 5.75 Å². The van der Waals surface area contributed by atoms with Crippen LogP contribution in [-0.4, -0.2) is 5.78 Å². The number of ether oxygens (including phenoxy) is 1. The zero-order valence-electron chi connectivity index (χ0n) is 15.3. The molecule has 146 valence electrons. The SMILES string of the molecule is O=C(/C=C/c1ccccc1OCc1ccccc1Cl)/C=C/c1cccc(Cl)c1Cl. The second kappa shape index (κ2) is 10.3. The van der Waals surface area contributed by atoms with Gasteiger partial charge in [-0.1, -0.05) is 83.3 Å². The molecule has 5 heteroatoms. The molecule has 0 unspecified atom stereocenters. The molecule has 0 aromatic heterocycles. The summed E-state index contributed by atoms with van der Waals surface area (Å²) in [4.78, 5) is 12.2. The van der Waals surface area contributed by atoms with Crippen molar-refractivity contribution < 1.29 is 9.53 Å². The molecule has 0 radical (unpaired) electrons.